The predicted molar refractivity (Wildman–Crippen MR) is 52.0 cm³/mol. The normalized spacial score (nSPS) is 21.7. The molecule has 1 heterocycles. The van der Waals surface area contributed by atoms with Crippen LogP contribution in [0.3, 0.4) is 0 Å². The summed E-state index contributed by atoms with van der Waals surface area (Å²) >= 11 is 0. The van der Waals surface area contributed by atoms with Crippen LogP contribution in [0.4, 0.5) is 0 Å². The SMILES string of the molecule is COC[C@H](CN1CCNCC1)OC. The molecule has 0 unspecified atom stereocenters. The molecule has 1 aliphatic rings. The van der Waals surface area contributed by atoms with Gasteiger partial charge in [-0.05, 0) is 0 Å². The highest BCUT2D eigenvalue weighted by Crippen LogP contribution is 1.98. The Bertz CT molecular complexity index is 124. The van der Waals surface area contributed by atoms with Gasteiger partial charge in [-0.25, -0.2) is 0 Å². The third-order valence-electron chi connectivity index (χ3n) is 2.36. The second-order valence-corrected chi connectivity index (χ2v) is 3.36. The first-order chi connectivity index (χ1) is 6.36. The standard InChI is InChI=1S/C9H20N2O2/c1-12-8-9(13-2)7-11-5-3-10-4-6-11/h9-10H,3-8H2,1-2H3/t9-/m0/s1. The molecule has 1 N–H and O–H groups in total. The molecule has 78 valence electrons. The van der Waals surface area contributed by atoms with E-state index >= 15 is 0 Å². The van der Waals surface area contributed by atoms with Gasteiger partial charge in [0.05, 0.1) is 12.7 Å². The van der Waals surface area contributed by atoms with Crippen LogP contribution in [0.15, 0.2) is 0 Å². The Kier molecular flexibility index (Phi) is 5.31. The van der Waals surface area contributed by atoms with E-state index in [0.29, 0.717) is 6.61 Å². The first-order valence-electron chi connectivity index (χ1n) is 4.81. The van der Waals surface area contributed by atoms with Crippen LogP contribution in [0.25, 0.3) is 0 Å². The Morgan fingerprint density at radius 2 is 2.00 bits per heavy atom. The van der Waals surface area contributed by atoms with Crippen LogP contribution >= 0.6 is 0 Å². The Morgan fingerprint density at radius 1 is 1.31 bits per heavy atom. The van der Waals surface area contributed by atoms with Gasteiger partial charge in [-0.15, -0.1) is 0 Å². The lowest BCUT2D eigenvalue weighted by molar-refractivity contribution is 0.00414. The van der Waals surface area contributed by atoms with Crippen LogP contribution in [0.1, 0.15) is 0 Å². The van der Waals surface area contributed by atoms with Gasteiger partial charge in [0.2, 0.25) is 0 Å². The number of hydrogen-bond donors (Lipinski definition) is 1. The molecule has 0 radical (unpaired) electrons. The maximum atomic E-state index is 5.31. The van der Waals surface area contributed by atoms with Gasteiger partial charge in [-0.2, -0.15) is 0 Å². The molecule has 1 fully saturated rings. The van der Waals surface area contributed by atoms with Gasteiger partial charge in [0, 0.05) is 46.9 Å². The minimum absolute atomic E-state index is 0.211. The molecule has 0 spiro atoms. The minimum atomic E-state index is 0.211. The molecule has 1 saturated heterocycles. The zero-order valence-electron chi connectivity index (χ0n) is 8.58. The van der Waals surface area contributed by atoms with Gasteiger partial charge in [0.1, 0.15) is 0 Å². The zero-order valence-corrected chi connectivity index (χ0v) is 8.58. The molecule has 0 saturated carbocycles. The number of rotatable bonds is 5. The quantitative estimate of drug-likeness (QED) is 0.634. The van der Waals surface area contributed by atoms with E-state index in [1.54, 1.807) is 14.2 Å². The van der Waals surface area contributed by atoms with Gasteiger partial charge in [0.15, 0.2) is 0 Å². The summed E-state index contributed by atoms with van der Waals surface area (Å²) in [4.78, 5) is 2.41. The molecule has 0 bridgehead atoms. The molecule has 0 amide bonds. The third kappa shape index (κ3) is 4.04. The minimum Gasteiger partial charge on any atom is -0.382 e. The molecule has 4 heteroatoms. The van der Waals surface area contributed by atoms with E-state index in [1.165, 1.54) is 0 Å². The fraction of sp³-hybridized carbons (Fsp3) is 1.00. The van der Waals surface area contributed by atoms with E-state index in [0.717, 1.165) is 32.7 Å². The Morgan fingerprint density at radius 3 is 2.54 bits per heavy atom. The summed E-state index contributed by atoms with van der Waals surface area (Å²) in [5.41, 5.74) is 0. The molecule has 4 nitrogen and oxygen atoms in total. The summed E-state index contributed by atoms with van der Waals surface area (Å²) in [5, 5.41) is 3.32. The van der Waals surface area contributed by atoms with Crippen molar-refractivity contribution in [3.8, 4) is 0 Å². The smallest absolute Gasteiger partial charge is 0.0931 e. The van der Waals surface area contributed by atoms with Gasteiger partial charge in [-0.3, -0.25) is 4.90 Å². The van der Waals surface area contributed by atoms with Crippen molar-refractivity contribution in [3.05, 3.63) is 0 Å². The molecule has 0 aromatic heterocycles. The van der Waals surface area contributed by atoms with Gasteiger partial charge < -0.3 is 14.8 Å². The molecule has 1 rings (SSSR count). The van der Waals surface area contributed by atoms with Gasteiger partial charge in [0.25, 0.3) is 0 Å². The van der Waals surface area contributed by atoms with Crippen LogP contribution in [0, 0.1) is 0 Å². The van der Waals surface area contributed by atoms with E-state index in [1.807, 2.05) is 0 Å². The van der Waals surface area contributed by atoms with Crippen molar-refractivity contribution in [3.63, 3.8) is 0 Å². The largest absolute Gasteiger partial charge is 0.382 e. The molecular weight excluding hydrogens is 168 g/mol. The molecule has 13 heavy (non-hydrogen) atoms. The van der Waals surface area contributed by atoms with E-state index < -0.39 is 0 Å². The average Bonchev–Trinajstić information content (AvgIpc) is 2.19. The lowest BCUT2D eigenvalue weighted by Crippen LogP contribution is -2.47. The Labute approximate surface area is 80.2 Å². The third-order valence-corrected chi connectivity index (χ3v) is 2.36. The van der Waals surface area contributed by atoms with Crippen molar-refractivity contribution in [1.29, 1.82) is 0 Å². The van der Waals surface area contributed by atoms with Crippen LogP contribution in [0.2, 0.25) is 0 Å². The number of ether oxygens (including phenoxy) is 2. The molecule has 0 aromatic carbocycles. The summed E-state index contributed by atoms with van der Waals surface area (Å²) in [6.07, 6.45) is 0.211. The topological polar surface area (TPSA) is 33.7 Å². The molecular formula is C9H20N2O2. The van der Waals surface area contributed by atoms with E-state index in [9.17, 15) is 0 Å². The molecule has 0 aliphatic carbocycles. The van der Waals surface area contributed by atoms with Crippen molar-refractivity contribution in [1.82, 2.24) is 10.2 Å². The Hall–Kier alpha value is -0.160. The van der Waals surface area contributed by atoms with Crippen LogP contribution in [-0.2, 0) is 9.47 Å². The lowest BCUT2D eigenvalue weighted by atomic mass is 10.3. The maximum Gasteiger partial charge on any atom is 0.0931 e. The fourth-order valence-electron chi connectivity index (χ4n) is 1.56. The van der Waals surface area contributed by atoms with E-state index in [-0.39, 0.29) is 6.10 Å². The second-order valence-electron chi connectivity index (χ2n) is 3.36. The number of piperazine rings is 1. The molecule has 1 atom stereocenters. The second kappa shape index (κ2) is 6.32. The number of methoxy groups -OCH3 is 2. The highest BCUT2D eigenvalue weighted by Gasteiger charge is 2.15. The highest BCUT2D eigenvalue weighted by atomic mass is 16.5. The van der Waals surface area contributed by atoms with E-state index in [2.05, 4.69) is 10.2 Å². The number of hydrogen-bond acceptors (Lipinski definition) is 4. The van der Waals surface area contributed by atoms with Crippen LogP contribution in [0.5, 0.6) is 0 Å². The van der Waals surface area contributed by atoms with Gasteiger partial charge in [-0.1, -0.05) is 0 Å². The predicted octanol–water partition coefficient (Wildman–Crippen LogP) is -0.447. The number of nitrogens with one attached hydrogen (secondary N) is 1. The Balaban J connectivity index is 2.18. The first-order valence-corrected chi connectivity index (χ1v) is 4.81. The summed E-state index contributed by atoms with van der Waals surface area (Å²) in [6, 6.07) is 0. The van der Waals surface area contributed by atoms with Crippen LogP contribution in [-0.4, -0.2) is 64.6 Å². The number of nitrogens with zero attached hydrogens (tertiary/aromatic N) is 1. The fourth-order valence-corrected chi connectivity index (χ4v) is 1.56. The van der Waals surface area contributed by atoms with Crippen molar-refractivity contribution < 1.29 is 9.47 Å². The molecule has 1 aliphatic heterocycles. The summed E-state index contributed by atoms with van der Waals surface area (Å²) in [7, 11) is 3.45. The van der Waals surface area contributed by atoms with Crippen molar-refractivity contribution >= 4 is 0 Å². The summed E-state index contributed by atoms with van der Waals surface area (Å²) < 4.78 is 10.4. The van der Waals surface area contributed by atoms with Crippen molar-refractivity contribution in [2.24, 2.45) is 0 Å². The molecule has 0 aromatic rings. The monoisotopic (exact) mass is 188 g/mol. The highest BCUT2D eigenvalue weighted by molar-refractivity contribution is 4.71. The lowest BCUT2D eigenvalue weighted by Gasteiger charge is -2.30. The summed E-state index contributed by atoms with van der Waals surface area (Å²) in [6.45, 7) is 6.06. The van der Waals surface area contributed by atoms with E-state index in [4.69, 9.17) is 9.47 Å². The van der Waals surface area contributed by atoms with Crippen molar-refractivity contribution in [2.45, 2.75) is 6.10 Å². The average molecular weight is 188 g/mol. The van der Waals surface area contributed by atoms with Crippen molar-refractivity contribution in [2.75, 3.05) is 53.6 Å². The van der Waals surface area contributed by atoms with Gasteiger partial charge >= 0.3 is 0 Å². The first kappa shape index (κ1) is 10.9. The zero-order chi connectivity index (χ0) is 9.52. The maximum absolute atomic E-state index is 5.31. The van der Waals surface area contributed by atoms with Crippen LogP contribution < -0.4 is 5.32 Å². The summed E-state index contributed by atoms with van der Waals surface area (Å²) in [5.74, 6) is 0.